The quantitative estimate of drug-likeness (QED) is 0.666. The average Bonchev–Trinajstić information content (AvgIpc) is 3.20. The van der Waals surface area contributed by atoms with E-state index in [4.69, 9.17) is 4.98 Å². The van der Waals surface area contributed by atoms with Crippen molar-refractivity contribution in [1.82, 2.24) is 24.6 Å². The number of aryl methyl sites for hydroxylation is 1. The molecule has 5 rings (SSSR count). The van der Waals surface area contributed by atoms with Crippen molar-refractivity contribution in [3.05, 3.63) is 42.4 Å². The maximum absolute atomic E-state index is 13.3. The molecule has 8 heteroatoms. The minimum Gasteiger partial charge on any atom is -0.368 e. The number of amides is 1. The Morgan fingerprint density at radius 1 is 0.867 bits per heavy atom. The van der Waals surface area contributed by atoms with Crippen molar-refractivity contribution < 1.29 is 4.79 Å². The first-order valence-electron chi connectivity index (χ1n) is 10.7. The lowest BCUT2D eigenvalue weighted by Gasteiger charge is -2.36. The lowest BCUT2D eigenvalue weighted by atomic mass is 10.1. The molecule has 0 aliphatic carbocycles. The topological polar surface area (TPSA) is 70.4 Å². The van der Waals surface area contributed by atoms with Gasteiger partial charge in [0.25, 0.3) is 5.91 Å². The third-order valence-corrected chi connectivity index (χ3v) is 6.11. The fraction of sp³-hybridized carbons (Fsp3) is 0.455. The number of nitrogens with zero attached hydrogens (tertiary/aromatic N) is 7. The summed E-state index contributed by atoms with van der Waals surface area (Å²) in [7, 11) is 1.86. The summed E-state index contributed by atoms with van der Waals surface area (Å²) in [4.78, 5) is 29.1. The second kappa shape index (κ2) is 7.93. The first-order valence-corrected chi connectivity index (χ1v) is 10.7. The first kappa shape index (κ1) is 18.8. The van der Waals surface area contributed by atoms with E-state index in [1.54, 1.807) is 4.68 Å². The number of para-hydroxylation sites is 1. The van der Waals surface area contributed by atoms with E-state index in [-0.39, 0.29) is 11.7 Å². The van der Waals surface area contributed by atoms with Crippen LogP contribution in [-0.4, -0.2) is 69.8 Å². The highest BCUT2D eigenvalue weighted by Gasteiger charge is 2.27. The molecule has 3 aromatic rings. The maximum Gasteiger partial charge on any atom is 0.291 e. The molecular weight excluding hydrogens is 378 g/mol. The van der Waals surface area contributed by atoms with Crippen molar-refractivity contribution in [1.29, 1.82) is 0 Å². The van der Waals surface area contributed by atoms with Gasteiger partial charge in [-0.25, -0.2) is 9.97 Å². The largest absolute Gasteiger partial charge is 0.368 e. The second-order valence-corrected chi connectivity index (χ2v) is 8.04. The van der Waals surface area contributed by atoms with Crippen LogP contribution in [0.5, 0.6) is 0 Å². The van der Waals surface area contributed by atoms with E-state index in [9.17, 15) is 4.79 Å². The van der Waals surface area contributed by atoms with Crippen LogP contribution in [0.3, 0.4) is 0 Å². The van der Waals surface area contributed by atoms with Gasteiger partial charge in [-0.05, 0) is 31.4 Å². The van der Waals surface area contributed by atoms with E-state index < -0.39 is 0 Å². The Labute approximate surface area is 176 Å². The van der Waals surface area contributed by atoms with Gasteiger partial charge in [0.2, 0.25) is 5.82 Å². The minimum absolute atomic E-state index is 0.0935. The number of carbonyl (C=O) groups is 1. The number of benzene rings is 1. The summed E-state index contributed by atoms with van der Waals surface area (Å²) < 4.78 is 1.73. The first-order chi connectivity index (χ1) is 14.7. The van der Waals surface area contributed by atoms with Gasteiger partial charge in [-0.2, -0.15) is 5.10 Å². The standard InChI is InChI=1S/C22H27N7O/c1-26-20-18(16-23-26)21(28-10-6-3-7-11-28)25-19(24-20)22(30)29-14-12-27(13-15-29)17-8-4-2-5-9-17/h2,4-5,8-9,16H,3,6-7,10-15H2,1H3. The molecule has 2 fully saturated rings. The number of fused-ring (bicyclic) bond motifs is 1. The molecule has 0 unspecified atom stereocenters. The van der Waals surface area contributed by atoms with Crippen LogP contribution in [0.15, 0.2) is 36.5 Å². The number of rotatable bonds is 3. The molecule has 8 nitrogen and oxygen atoms in total. The van der Waals surface area contributed by atoms with E-state index in [2.05, 4.69) is 32.0 Å². The summed E-state index contributed by atoms with van der Waals surface area (Å²) in [6.07, 6.45) is 5.36. The van der Waals surface area contributed by atoms with E-state index in [1.165, 1.54) is 12.1 Å². The van der Waals surface area contributed by atoms with Crippen molar-refractivity contribution >= 4 is 28.4 Å². The van der Waals surface area contributed by atoms with E-state index in [1.807, 2.05) is 36.3 Å². The molecule has 0 radical (unpaired) electrons. The van der Waals surface area contributed by atoms with Crippen LogP contribution in [0.4, 0.5) is 11.5 Å². The molecule has 0 bridgehead atoms. The summed E-state index contributed by atoms with van der Waals surface area (Å²) in [6.45, 7) is 4.87. The van der Waals surface area contributed by atoms with Gasteiger partial charge in [-0.15, -0.1) is 0 Å². The fourth-order valence-corrected chi connectivity index (χ4v) is 4.40. The second-order valence-electron chi connectivity index (χ2n) is 8.04. The summed E-state index contributed by atoms with van der Waals surface area (Å²) in [5.74, 6) is 1.03. The number of hydrogen-bond acceptors (Lipinski definition) is 6. The zero-order valence-electron chi connectivity index (χ0n) is 17.4. The molecule has 1 aromatic carbocycles. The van der Waals surface area contributed by atoms with Crippen LogP contribution in [0.2, 0.25) is 0 Å². The molecule has 0 N–H and O–H groups in total. The monoisotopic (exact) mass is 405 g/mol. The van der Waals surface area contributed by atoms with Crippen LogP contribution in [0, 0.1) is 0 Å². The van der Waals surface area contributed by atoms with E-state index in [0.29, 0.717) is 13.1 Å². The van der Waals surface area contributed by atoms with Crippen molar-refractivity contribution in [3.8, 4) is 0 Å². The third-order valence-electron chi connectivity index (χ3n) is 6.11. The third kappa shape index (κ3) is 3.46. The van der Waals surface area contributed by atoms with E-state index >= 15 is 0 Å². The van der Waals surface area contributed by atoms with Crippen molar-refractivity contribution in [2.45, 2.75) is 19.3 Å². The zero-order valence-corrected chi connectivity index (χ0v) is 17.4. The molecule has 1 amide bonds. The molecule has 156 valence electrons. The number of hydrogen-bond donors (Lipinski definition) is 0. The fourth-order valence-electron chi connectivity index (χ4n) is 4.40. The number of piperazine rings is 1. The number of piperidine rings is 1. The van der Waals surface area contributed by atoms with Gasteiger partial charge in [-0.3, -0.25) is 9.48 Å². The summed E-state index contributed by atoms with van der Waals surface area (Å²) in [6, 6.07) is 10.3. The van der Waals surface area contributed by atoms with Gasteiger partial charge in [0.15, 0.2) is 5.65 Å². The smallest absolute Gasteiger partial charge is 0.291 e. The van der Waals surface area contributed by atoms with Crippen LogP contribution in [0.1, 0.15) is 29.9 Å². The Bertz CT molecular complexity index is 1030. The Hall–Kier alpha value is -3.16. The number of anilines is 2. The predicted octanol–water partition coefficient (Wildman–Crippen LogP) is 2.32. The van der Waals surface area contributed by atoms with Crippen LogP contribution < -0.4 is 9.80 Å². The van der Waals surface area contributed by atoms with Gasteiger partial charge >= 0.3 is 0 Å². The molecular formula is C22H27N7O. The highest BCUT2D eigenvalue weighted by atomic mass is 16.2. The molecule has 2 aliphatic rings. The molecule has 0 atom stereocenters. The molecule has 2 aliphatic heterocycles. The lowest BCUT2D eigenvalue weighted by molar-refractivity contribution is 0.0735. The van der Waals surface area contributed by atoms with Crippen LogP contribution >= 0.6 is 0 Å². The van der Waals surface area contributed by atoms with Crippen molar-refractivity contribution in [2.24, 2.45) is 7.05 Å². The molecule has 2 aromatic heterocycles. The Morgan fingerprint density at radius 2 is 1.60 bits per heavy atom. The molecule has 4 heterocycles. The number of aromatic nitrogens is 4. The van der Waals surface area contributed by atoms with Gasteiger partial charge in [0.1, 0.15) is 5.82 Å². The predicted molar refractivity (Wildman–Crippen MR) is 117 cm³/mol. The highest BCUT2D eigenvalue weighted by Crippen LogP contribution is 2.27. The maximum atomic E-state index is 13.3. The van der Waals surface area contributed by atoms with Crippen molar-refractivity contribution in [2.75, 3.05) is 49.1 Å². The summed E-state index contributed by atoms with van der Waals surface area (Å²) in [5.41, 5.74) is 1.92. The van der Waals surface area contributed by atoms with Crippen LogP contribution in [0.25, 0.3) is 11.0 Å². The number of carbonyl (C=O) groups excluding carboxylic acids is 1. The van der Waals surface area contributed by atoms with Crippen LogP contribution in [-0.2, 0) is 7.05 Å². The van der Waals surface area contributed by atoms with Gasteiger partial charge in [0.05, 0.1) is 11.6 Å². The highest BCUT2D eigenvalue weighted by molar-refractivity contribution is 5.95. The average molecular weight is 406 g/mol. The summed E-state index contributed by atoms with van der Waals surface area (Å²) in [5, 5.41) is 5.28. The Kier molecular flexibility index (Phi) is 4.98. The Balaban J connectivity index is 1.39. The molecule has 2 saturated heterocycles. The van der Waals surface area contributed by atoms with Gasteiger partial charge in [0, 0.05) is 52.0 Å². The minimum atomic E-state index is -0.0935. The van der Waals surface area contributed by atoms with Crippen molar-refractivity contribution in [3.63, 3.8) is 0 Å². The molecule has 0 saturated carbocycles. The lowest BCUT2D eigenvalue weighted by Crippen LogP contribution is -2.49. The van der Waals surface area contributed by atoms with Gasteiger partial charge in [-0.1, -0.05) is 18.2 Å². The SMILES string of the molecule is Cn1ncc2c(N3CCCCC3)nc(C(=O)N3CCN(c4ccccc4)CC3)nc21. The summed E-state index contributed by atoms with van der Waals surface area (Å²) >= 11 is 0. The van der Waals surface area contributed by atoms with E-state index in [0.717, 1.165) is 55.9 Å². The Morgan fingerprint density at radius 3 is 2.33 bits per heavy atom. The normalized spacial score (nSPS) is 17.6. The van der Waals surface area contributed by atoms with Gasteiger partial charge < -0.3 is 14.7 Å². The molecule has 0 spiro atoms. The zero-order chi connectivity index (χ0) is 20.5. The molecule has 30 heavy (non-hydrogen) atoms.